The van der Waals surface area contributed by atoms with Gasteiger partial charge in [0.2, 0.25) is 0 Å². The molecule has 0 rings (SSSR count). The third-order valence-electron chi connectivity index (χ3n) is 2.39. The molecule has 7 heteroatoms. The Balaban J connectivity index is 4.71. The minimum Gasteiger partial charge on any atom is -0.333 e. The lowest BCUT2D eigenvalue weighted by atomic mass is 10.3. The maximum atomic E-state index is 12.3. The summed E-state index contributed by atoms with van der Waals surface area (Å²) in [5, 5.41) is 0. The molecule has 1 atom stereocenters. The molecule has 0 saturated carbocycles. The predicted molar refractivity (Wildman–Crippen MR) is 66.7 cm³/mol. The zero-order chi connectivity index (χ0) is 12.9. The highest BCUT2D eigenvalue weighted by Gasteiger charge is 2.34. The summed E-state index contributed by atoms with van der Waals surface area (Å²) in [6, 6.07) is 0. The molecule has 0 aliphatic rings. The van der Waals surface area contributed by atoms with Gasteiger partial charge in [0, 0.05) is 0 Å². The molecular formula is C9H17F3N2S2. The summed E-state index contributed by atoms with van der Waals surface area (Å²) in [4.78, 5) is 2.96. The van der Waals surface area contributed by atoms with E-state index in [-0.39, 0.29) is 4.32 Å². The molecule has 0 aliphatic heterocycles. The lowest BCUT2D eigenvalue weighted by Crippen LogP contribution is -2.50. The van der Waals surface area contributed by atoms with E-state index < -0.39 is 18.9 Å². The van der Waals surface area contributed by atoms with E-state index in [4.69, 9.17) is 12.2 Å². The van der Waals surface area contributed by atoms with Crippen molar-refractivity contribution in [2.45, 2.75) is 33.1 Å². The number of thiocarbonyl (C=S) groups is 1. The fourth-order valence-corrected chi connectivity index (χ4v) is 1.96. The van der Waals surface area contributed by atoms with Crippen LogP contribution in [0.5, 0.6) is 0 Å². The van der Waals surface area contributed by atoms with Crippen molar-refractivity contribution in [2.24, 2.45) is 0 Å². The van der Waals surface area contributed by atoms with E-state index in [1.807, 2.05) is 18.7 Å². The fourth-order valence-electron chi connectivity index (χ4n) is 1.50. The van der Waals surface area contributed by atoms with Crippen LogP contribution in [0.25, 0.3) is 0 Å². The van der Waals surface area contributed by atoms with Crippen molar-refractivity contribution in [1.29, 1.82) is 0 Å². The number of hydrogen-bond donors (Lipinski definition) is 1. The van der Waals surface area contributed by atoms with Crippen molar-refractivity contribution in [3.8, 4) is 0 Å². The van der Waals surface area contributed by atoms with Crippen molar-refractivity contribution >= 4 is 29.2 Å². The molecule has 0 radical (unpaired) electrons. The first-order chi connectivity index (χ1) is 7.22. The van der Waals surface area contributed by atoms with E-state index >= 15 is 0 Å². The Hall–Kier alpha value is -0.0100. The first-order valence-corrected chi connectivity index (χ1v) is 5.88. The van der Waals surface area contributed by atoms with E-state index in [1.165, 1.54) is 0 Å². The predicted octanol–water partition coefficient (Wildman–Crippen LogP) is 2.75. The number of thiol groups is 1. The summed E-state index contributed by atoms with van der Waals surface area (Å²) in [5.41, 5.74) is 0. The van der Waals surface area contributed by atoms with E-state index in [0.717, 1.165) is 4.90 Å². The second-order valence-electron chi connectivity index (χ2n) is 3.38. The highest BCUT2D eigenvalue weighted by molar-refractivity contribution is 8.10. The van der Waals surface area contributed by atoms with Gasteiger partial charge < -0.3 is 4.90 Å². The summed E-state index contributed by atoms with van der Waals surface area (Å²) in [5.74, 6) is 0. The Labute approximate surface area is 105 Å². The van der Waals surface area contributed by atoms with Crippen LogP contribution < -0.4 is 0 Å². The number of rotatable bonds is 5. The molecule has 0 aromatic carbocycles. The number of hydrogen-bond acceptors (Lipinski definition) is 2. The highest BCUT2D eigenvalue weighted by atomic mass is 32.1. The van der Waals surface area contributed by atoms with E-state index in [2.05, 4.69) is 12.6 Å². The first kappa shape index (κ1) is 16.0. The minimum absolute atomic E-state index is 0.0308. The quantitative estimate of drug-likeness (QED) is 0.468. The maximum Gasteiger partial charge on any atom is 0.406 e. The van der Waals surface area contributed by atoms with Gasteiger partial charge >= 0.3 is 6.18 Å². The third kappa shape index (κ3) is 5.36. The van der Waals surface area contributed by atoms with Gasteiger partial charge in [-0.25, -0.2) is 0 Å². The Bertz CT molecular complexity index is 229. The summed E-state index contributed by atoms with van der Waals surface area (Å²) in [7, 11) is 0. The van der Waals surface area contributed by atoms with Gasteiger partial charge in [-0.3, -0.25) is 4.90 Å². The number of alkyl halides is 3. The molecule has 0 aromatic heterocycles. The van der Waals surface area contributed by atoms with Crippen LogP contribution in [0.3, 0.4) is 0 Å². The zero-order valence-electron chi connectivity index (χ0n) is 9.58. The van der Waals surface area contributed by atoms with Crippen LogP contribution in [0.15, 0.2) is 0 Å². The van der Waals surface area contributed by atoms with Gasteiger partial charge in [-0.1, -0.05) is 26.1 Å². The molecule has 16 heavy (non-hydrogen) atoms. The molecule has 0 N–H and O–H groups in total. The van der Waals surface area contributed by atoms with E-state index in [9.17, 15) is 13.2 Å². The van der Waals surface area contributed by atoms with Crippen LogP contribution >= 0.6 is 24.8 Å². The summed E-state index contributed by atoms with van der Waals surface area (Å²) < 4.78 is 37.0. The van der Waals surface area contributed by atoms with Crippen LogP contribution in [-0.4, -0.2) is 46.1 Å². The van der Waals surface area contributed by atoms with Crippen molar-refractivity contribution in [1.82, 2.24) is 9.80 Å². The Morgan fingerprint density at radius 2 is 1.75 bits per heavy atom. The topological polar surface area (TPSA) is 6.48 Å². The van der Waals surface area contributed by atoms with Crippen molar-refractivity contribution in [2.75, 3.05) is 19.6 Å². The largest absolute Gasteiger partial charge is 0.406 e. The first-order valence-electron chi connectivity index (χ1n) is 5.03. The molecule has 1 unspecified atom stereocenters. The molecule has 0 saturated heterocycles. The Morgan fingerprint density at radius 1 is 1.31 bits per heavy atom. The summed E-state index contributed by atoms with van der Waals surface area (Å²) >= 11 is 8.59. The average molecular weight is 274 g/mol. The monoisotopic (exact) mass is 274 g/mol. The molecule has 0 aliphatic carbocycles. The fraction of sp³-hybridized carbons (Fsp3) is 0.889. The summed E-state index contributed by atoms with van der Waals surface area (Å²) in [6.45, 7) is 5.76. The lowest BCUT2D eigenvalue weighted by Gasteiger charge is -2.37. The van der Waals surface area contributed by atoms with E-state index in [1.54, 1.807) is 6.92 Å². The normalized spacial score (nSPS) is 14.0. The van der Waals surface area contributed by atoms with E-state index in [0.29, 0.717) is 13.1 Å². The Morgan fingerprint density at radius 3 is 2.00 bits per heavy atom. The van der Waals surface area contributed by atoms with Crippen LogP contribution in [0.2, 0.25) is 0 Å². The standard InChI is InChI=1S/C9H17F3N2S2/c1-4-13(5-2)7(3)14(8(15)16)6-9(10,11)12/h7H,4-6H2,1-3H3,(H,15,16). The van der Waals surface area contributed by atoms with Crippen molar-refractivity contribution in [3.63, 3.8) is 0 Å². The molecular weight excluding hydrogens is 257 g/mol. The molecule has 0 aromatic rings. The molecule has 0 fully saturated rings. The zero-order valence-corrected chi connectivity index (χ0v) is 11.3. The van der Waals surface area contributed by atoms with Crippen LogP contribution in [-0.2, 0) is 0 Å². The maximum absolute atomic E-state index is 12.3. The van der Waals surface area contributed by atoms with Gasteiger partial charge in [-0.05, 0) is 20.0 Å². The van der Waals surface area contributed by atoms with Crippen molar-refractivity contribution in [3.05, 3.63) is 0 Å². The van der Waals surface area contributed by atoms with Gasteiger partial charge in [0.15, 0.2) is 0 Å². The van der Waals surface area contributed by atoms with Gasteiger partial charge in [0.25, 0.3) is 0 Å². The molecule has 0 heterocycles. The smallest absolute Gasteiger partial charge is 0.333 e. The summed E-state index contributed by atoms with van der Waals surface area (Å²) in [6.07, 6.45) is -4.67. The van der Waals surface area contributed by atoms with Crippen LogP contribution in [0, 0.1) is 0 Å². The lowest BCUT2D eigenvalue weighted by molar-refractivity contribution is -0.145. The molecule has 0 bridgehead atoms. The van der Waals surface area contributed by atoms with Crippen LogP contribution in [0.4, 0.5) is 13.2 Å². The average Bonchev–Trinajstić information content (AvgIpc) is 2.14. The van der Waals surface area contributed by atoms with Gasteiger partial charge in [0.05, 0.1) is 6.17 Å². The Kier molecular flexibility index (Phi) is 6.65. The second-order valence-corrected chi connectivity index (χ2v) is 4.49. The molecule has 0 spiro atoms. The molecule has 0 amide bonds. The van der Waals surface area contributed by atoms with Crippen LogP contribution in [0.1, 0.15) is 20.8 Å². The minimum atomic E-state index is -4.27. The number of nitrogens with zero attached hydrogens (tertiary/aromatic N) is 2. The number of halogens is 3. The van der Waals surface area contributed by atoms with Gasteiger partial charge in [-0.15, -0.1) is 12.6 Å². The third-order valence-corrected chi connectivity index (χ3v) is 2.88. The SMILES string of the molecule is CCN(CC)C(C)N(CC(F)(F)F)C(=S)S. The molecule has 96 valence electrons. The highest BCUT2D eigenvalue weighted by Crippen LogP contribution is 2.20. The van der Waals surface area contributed by atoms with Gasteiger partial charge in [-0.2, -0.15) is 13.2 Å². The van der Waals surface area contributed by atoms with Crippen molar-refractivity contribution < 1.29 is 13.2 Å². The van der Waals surface area contributed by atoms with Gasteiger partial charge in [0.1, 0.15) is 10.9 Å². The second kappa shape index (κ2) is 6.66. The molecule has 2 nitrogen and oxygen atoms in total.